The number of carboxylic acid groups (broad SMARTS) is 1. The third kappa shape index (κ3) is 5.08. The van der Waals surface area contributed by atoms with Crippen LogP contribution in [0.25, 0.3) is 11.3 Å². The normalized spacial score (nSPS) is 15.7. The van der Waals surface area contributed by atoms with Crippen molar-refractivity contribution in [3.05, 3.63) is 123 Å². The average molecular weight is 523 g/mol. The van der Waals surface area contributed by atoms with Gasteiger partial charge in [-0.2, -0.15) is 0 Å². The molecule has 0 amide bonds. The molecule has 3 nitrogen and oxygen atoms in total. The number of allylic oxidation sites excluding steroid dienone is 5. The highest BCUT2D eigenvalue weighted by Crippen LogP contribution is 2.49. The van der Waals surface area contributed by atoms with Gasteiger partial charge in [-0.25, -0.2) is 9.18 Å². The van der Waals surface area contributed by atoms with E-state index in [1.165, 1.54) is 28.7 Å². The largest absolute Gasteiger partial charge is 0.478 e. The molecule has 1 aliphatic heterocycles. The highest BCUT2D eigenvalue weighted by Gasteiger charge is 2.30. The number of ether oxygens (including phenoxy) is 1. The Hall–Kier alpha value is -3.92. The molecular formula is C35H35FO3. The number of hydrogen-bond donors (Lipinski definition) is 1. The Balaban J connectivity index is 1.52. The van der Waals surface area contributed by atoms with E-state index in [1.807, 2.05) is 31.2 Å². The van der Waals surface area contributed by atoms with Crippen molar-refractivity contribution in [1.29, 1.82) is 0 Å². The first-order valence-electron chi connectivity index (χ1n) is 13.8. The fourth-order valence-corrected chi connectivity index (χ4v) is 5.69. The number of benzene rings is 3. The minimum Gasteiger partial charge on any atom is -0.478 e. The van der Waals surface area contributed by atoms with E-state index in [-0.39, 0.29) is 11.5 Å². The summed E-state index contributed by atoms with van der Waals surface area (Å²) in [7, 11) is 0. The lowest BCUT2D eigenvalue weighted by molar-refractivity contribution is 0.0690. The molecule has 0 radical (unpaired) electrons. The fourth-order valence-electron chi connectivity index (χ4n) is 5.69. The summed E-state index contributed by atoms with van der Waals surface area (Å²) >= 11 is 0. The molecule has 4 heteroatoms. The summed E-state index contributed by atoms with van der Waals surface area (Å²) in [4.78, 5) is 11.8. The predicted molar refractivity (Wildman–Crippen MR) is 156 cm³/mol. The Kier molecular flexibility index (Phi) is 7.56. The monoisotopic (exact) mass is 522 g/mol. The molecular weight excluding hydrogens is 487 g/mol. The Morgan fingerprint density at radius 3 is 2.44 bits per heavy atom. The van der Waals surface area contributed by atoms with Gasteiger partial charge in [-0.05, 0) is 74.3 Å². The van der Waals surface area contributed by atoms with Crippen LogP contribution in [0.3, 0.4) is 0 Å². The lowest BCUT2D eigenvalue weighted by atomic mass is 9.79. The van der Waals surface area contributed by atoms with Crippen LogP contribution in [0, 0.1) is 12.7 Å². The molecule has 39 heavy (non-hydrogen) atoms. The summed E-state index contributed by atoms with van der Waals surface area (Å²) in [6.07, 6.45) is 8.26. The highest BCUT2D eigenvalue weighted by atomic mass is 19.1. The number of aryl methyl sites for hydroxylation is 2. The summed E-state index contributed by atoms with van der Waals surface area (Å²) in [5.74, 6) is -0.0582. The van der Waals surface area contributed by atoms with Crippen molar-refractivity contribution in [1.82, 2.24) is 0 Å². The molecule has 2 aliphatic rings. The fraction of sp³-hybridized carbons (Fsp3) is 0.286. The number of carboxylic acids is 1. The highest BCUT2D eigenvalue weighted by molar-refractivity contribution is 5.95. The van der Waals surface area contributed by atoms with Crippen molar-refractivity contribution in [2.75, 3.05) is 0 Å². The number of halogens is 1. The van der Waals surface area contributed by atoms with Crippen molar-refractivity contribution in [3.8, 4) is 5.75 Å². The lowest BCUT2D eigenvalue weighted by Crippen LogP contribution is -2.14. The van der Waals surface area contributed by atoms with Gasteiger partial charge in [0.15, 0.2) is 0 Å². The van der Waals surface area contributed by atoms with Gasteiger partial charge >= 0.3 is 5.97 Å². The molecule has 1 N–H and O–H groups in total. The second-order valence-electron chi connectivity index (χ2n) is 10.6. The first-order chi connectivity index (χ1) is 18.8. The van der Waals surface area contributed by atoms with Gasteiger partial charge in [0.2, 0.25) is 0 Å². The van der Waals surface area contributed by atoms with Crippen molar-refractivity contribution >= 4 is 17.3 Å². The van der Waals surface area contributed by atoms with Crippen molar-refractivity contribution in [2.24, 2.45) is 0 Å². The topological polar surface area (TPSA) is 46.5 Å². The minimum atomic E-state index is -1.23. The van der Waals surface area contributed by atoms with E-state index >= 15 is 0 Å². The van der Waals surface area contributed by atoms with E-state index in [0.29, 0.717) is 24.0 Å². The van der Waals surface area contributed by atoms with Gasteiger partial charge in [-0.3, -0.25) is 0 Å². The van der Waals surface area contributed by atoms with Crippen LogP contribution in [0.4, 0.5) is 4.39 Å². The number of carbonyl (C=O) groups is 1. The van der Waals surface area contributed by atoms with Crippen LogP contribution in [0.1, 0.15) is 89.7 Å². The molecule has 3 aromatic rings. The Labute approximate surface area is 230 Å². The quantitative estimate of drug-likeness (QED) is 0.315. The van der Waals surface area contributed by atoms with E-state index in [9.17, 15) is 14.3 Å². The molecule has 5 rings (SSSR count). The number of aromatic carboxylic acids is 1. The molecule has 0 aromatic heterocycles. The number of hydrogen-bond acceptors (Lipinski definition) is 2. The van der Waals surface area contributed by atoms with E-state index < -0.39 is 11.8 Å². The molecule has 1 fully saturated rings. The summed E-state index contributed by atoms with van der Waals surface area (Å²) in [6.45, 7) is 8.23. The van der Waals surface area contributed by atoms with Gasteiger partial charge in [0.1, 0.15) is 17.3 Å². The van der Waals surface area contributed by atoms with Gasteiger partial charge in [0.25, 0.3) is 0 Å². The van der Waals surface area contributed by atoms with Crippen LogP contribution in [0.2, 0.25) is 0 Å². The third-order valence-electron chi connectivity index (χ3n) is 7.95. The molecule has 0 saturated heterocycles. The van der Waals surface area contributed by atoms with Crippen LogP contribution in [0.5, 0.6) is 5.75 Å². The first-order valence-corrected chi connectivity index (χ1v) is 13.8. The van der Waals surface area contributed by atoms with Crippen LogP contribution >= 0.6 is 0 Å². The van der Waals surface area contributed by atoms with Crippen molar-refractivity contribution < 1.29 is 19.0 Å². The second kappa shape index (κ2) is 11.1. The first kappa shape index (κ1) is 26.7. The maximum atomic E-state index is 14.8. The molecule has 1 heterocycles. The van der Waals surface area contributed by atoms with Gasteiger partial charge in [-0.15, -0.1) is 0 Å². The van der Waals surface area contributed by atoms with E-state index in [2.05, 4.69) is 51.1 Å². The Morgan fingerprint density at radius 1 is 1.08 bits per heavy atom. The van der Waals surface area contributed by atoms with Gasteiger partial charge < -0.3 is 9.84 Å². The van der Waals surface area contributed by atoms with Crippen LogP contribution in [-0.2, 0) is 12.8 Å². The molecule has 0 unspecified atom stereocenters. The summed E-state index contributed by atoms with van der Waals surface area (Å²) in [5, 5.41) is 9.66. The summed E-state index contributed by atoms with van der Waals surface area (Å²) in [6, 6.07) is 18.1. The van der Waals surface area contributed by atoms with Gasteiger partial charge in [-0.1, -0.05) is 80.1 Å². The third-order valence-corrected chi connectivity index (χ3v) is 7.95. The average Bonchev–Trinajstić information content (AvgIpc) is 2.89. The molecule has 0 spiro atoms. The number of fused-ring (bicyclic) bond motifs is 1. The molecule has 1 atom stereocenters. The SMILES string of the molecule is CCc1ccc(C/C=C/[C@H](C)c2cc(C)cc3c2OC(c2ccccc2)=C(C)C3=C2CCC2)c(C(=O)O)c1F. The smallest absolute Gasteiger partial charge is 0.338 e. The summed E-state index contributed by atoms with van der Waals surface area (Å²) < 4.78 is 21.5. The number of rotatable bonds is 7. The molecule has 3 aromatic carbocycles. The molecule has 1 aliphatic carbocycles. The zero-order chi connectivity index (χ0) is 27.7. The van der Waals surface area contributed by atoms with E-state index in [0.717, 1.165) is 41.0 Å². The predicted octanol–water partition coefficient (Wildman–Crippen LogP) is 9.06. The van der Waals surface area contributed by atoms with Crippen molar-refractivity contribution in [2.45, 2.75) is 65.7 Å². The Morgan fingerprint density at radius 2 is 1.79 bits per heavy atom. The van der Waals surface area contributed by atoms with Crippen LogP contribution in [-0.4, -0.2) is 11.1 Å². The molecule has 1 saturated carbocycles. The molecule has 200 valence electrons. The van der Waals surface area contributed by atoms with Crippen LogP contribution < -0.4 is 4.74 Å². The van der Waals surface area contributed by atoms with Gasteiger partial charge in [0, 0.05) is 28.2 Å². The Bertz CT molecular complexity index is 1520. The van der Waals surface area contributed by atoms with E-state index in [4.69, 9.17) is 4.74 Å². The maximum Gasteiger partial charge on any atom is 0.338 e. The second-order valence-corrected chi connectivity index (χ2v) is 10.6. The summed E-state index contributed by atoms with van der Waals surface area (Å²) in [5.41, 5.74) is 9.14. The zero-order valence-electron chi connectivity index (χ0n) is 23.1. The van der Waals surface area contributed by atoms with Gasteiger partial charge in [0.05, 0.1) is 5.56 Å². The van der Waals surface area contributed by atoms with E-state index in [1.54, 1.807) is 12.1 Å². The zero-order valence-corrected chi connectivity index (χ0v) is 23.1. The van der Waals surface area contributed by atoms with Crippen molar-refractivity contribution in [3.63, 3.8) is 0 Å². The minimum absolute atomic E-state index is 0.00904. The molecule has 0 bridgehead atoms. The lowest BCUT2D eigenvalue weighted by Gasteiger charge is -2.32. The standard InChI is InChI=1S/C35H35FO3/c1-5-24-17-18-26(31(32(24)36)35(37)38)14-9-11-22(3)28-19-21(2)20-29-30(25-15-10-16-25)23(4)33(39-34(28)29)27-12-7-6-8-13-27/h6-9,11-13,17-20,22H,5,10,14-16H2,1-4H3,(H,37,38)/b11-9+/t22-/m0/s1. The van der Waals surface area contributed by atoms with Crippen LogP contribution in [0.15, 0.2) is 77.9 Å². The maximum absolute atomic E-state index is 14.8.